The molecule has 4 aromatic rings. The first kappa shape index (κ1) is 21.9. The fraction of sp³-hybridized carbons (Fsp3) is 0.231. The Morgan fingerprint density at radius 3 is 2.38 bits per heavy atom. The summed E-state index contributed by atoms with van der Waals surface area (Å²) >= 11 is 6.18. The van der Waals surface area contributed by atoms with Gasteiger partial charge in [0, 0.05) is 17.1 Å². The number of benzene rings is 3. The topological polar surface area (TPSA) is 53.4 Å². The lowest BCUT2D eigenvalue weighted by atomic mass is 10.0. The molecule has 0 N–H and O–H groups in total. The summed E-state index contributed by atoms with van der Waals surface area (Å²) in [5, 5.41) is 1.03. The molecule has 0 radical (unpaired) electrons. The number of ether oxygens (including phenoxy) is 2. The molecule has 1 aromatic heterocycles. The molecule has 0 aliphatic carbocycles. The van der Waals surface area contributed by atoms with E-state index in [1.165, 1.54) is 0 Å². The second-order valence-electron chi connectivity index (χ2n) is 7.79. The van der Waals surface area contributed by atoms with Crippen LogP contribution in [0.5, 0.6) is 11.5 Å². The van der Waals surface area contributed by atoms with Gasteiger partial charge in [0.1, 0.15) is 17.3 Å². The van der Waals surface area contributed by atoms with Crippen LogP contribution >= 0.6 is 11.6 Å². The van der Waals surface area contributed by atoms with Crippen LogP contribution in [0.25, 0.3) is 22.3 Å². The van der Waals surface area contributed by atoms with Gasteiger partial charge >= 0.3 is 0 Å². The largest absolute Gasteiger partial charge is 0.497 e. The Morgan fingerprint density at radius 1 is 0.938 bits per heavy atom. The number of hydrogen-bond acceptors (Lipinski definition) is 4. The predicted octanol–water partition coefficient (Wildman–Crippen LogP) is 5.59. The van der Waals surface area contributed by atoms with E-state index in [0.717, 1.165) is 33.8 Å². The van der Waals surface area contributed by atoms with Gasteiger partial charge in [-0.05, 0) is 79.4 Å². The molecule has 164 valence electrons. The monoisotopic (exact) mass is 448 g/mol. The van der Waals surface area contributed by atoms with E-state index in [2.05, 4.69) is 0 Å². The first-order chi connectivity index (χ1) is 15.4. The number of nitrogens with zero attached hydrogens (tertiary/aromatic N) is 2. The van der Waals surface area contributed by atoms with Crippen LogP contribution in [0, 0.1) is 13.8 Å². The second kappa shape index (κ2) is 9.05. The van der Waals surface area contributed by atoms with Crippen molar-refractivity contribution in [3.05, 3.63) is 86.7 Å². The van der Waals surface area contributed by atoms with Crippen molar-refractivity contribution in [2.75, 3.05) is 14.2 Å². The summed E-state index contributed by atoms with van der Waals surface area (Å²) in [4.78, 5) is 18.4. The first-order valence-electron chi connectivity index (χ1n) is 10.4. The van der Waals surface area contributed by atoms with Gasteiger partial charge in [0.25, 0.3) is 5.56 Å². The van der Waals surface area contributed by atoms with Crippen LogP contribution in [-0.4, -0.2) is 23.8 Å². The molecular weight excluding hydrogens is 424 g/mol. The fourth-order valence-electron chi connectivity index (χ4n) is 3.89. The molecular formula is C26H25ClN2O3. The van der Waals surface area contributed by atoms with Crippen LogP contribution in [0.15, 0.2) is 59.4 Å². The molecule has 1 heterocycles. The van der Waals surface area contributed by atoms with Crippen molar-refractivity contribution in [2.45, 2.75) is 26.8 Å². The van der Waals surface area contributed by atoms with Gasteiger partial charge in [0.15, 0.2) is 0 Å². The lowest BCUT2D eigenvalue weighted by Crippen LogP contribution is -2.25. The van der Waals surface area contributed by atoms with Crippen LogP contribution in [0.4, 0.5) is 0 Å². The number of aryl methyl sites for hydroxylation is 3. The van der Waals surface area contributed by atoms with E-state index < -0.39 is 0 Å². The molecule has 0 fully saturated rings. The first-order valence-corrected chi connectivity index (χ1v) is 10.8. The van der Waals surface area contributed by atoms with E-state index in [-0.39, 0.29) is 5.56 Å². The smallest absolute Gasteiger partial charge is 0.261 e. The molecule has 6 heteroatoms. The highest BCUT2D eigenvalue weighted by Crippen LogP contribution is 2.30. The van der Waals surface area contributed by atoms with Gasteiger partial charge in [-0.25, -0.2) is 4.98 Å². The van der Waals surface area contributed by atoms with Crippen LogP contribution in [-0.2, 0) is 13.0 Å². The second-order valence-corrected chi connectivity index (χ2v) is 8.22. The normalized spacial score (nSPS) is 11.0. The van der Waals surface area contributed by atoms with Crippen LogP contribution in [0.3, 0.4) is 0 Å². The van der Waals surface area contributed by atoms with Crippen molar-refractivity contribution >= 4 is 22.5 Å². The Kier molecular flexibility index (Phi) is 6.19. The maximum atomic E-state index is 13.5. The minimum absolute atomic E-state index is 0.103. The highest BCUT2D eigenvalue weighted by Gasteiger charge is 2.16. The van der Waals surface area contributed by atoms with Crippen molar-refractivity contribution in [1.29, 1.82) is 0 Å². The lowest BCUT2D eigenvalue weighted by molar-refractivity contribution is 0.411. The number of halogens is 1. The summed E-state index contributed by atoms with van der Waals surface area (Å²) in [6, 6.07) is 17.1. The summed E-state index contributed by atoms with van der Waals surface area (Å²) in [6.45, 7) is 4.48. The molecule has 0 bridgehead atoms. The molecule has 3 aromatic carbocycles. The van der Waals surface area contributed by atoms with Gasteiger partial charge in [-0.2, -0.15) is 0 Å². The molecule has 0 spiro atoms. The number of hydrogen-bond donors (Lipinski definition) is 0. The zero-order valence-corrected chi connectivity index (χ0v) is 19.4. The van der Waals surface area contributed by atoms with E-state index in [0.29, 0.717) is 34.7 Å². The molecule has 0 saturated heterocycles. The van der Waals surface area contributed by atoms with E-state index in [4.69, 9.17) is 26.1 Å². The number of aromatic nitrogens is 2. The standard InChI is InChI=1S/C26H25ClN2O3/c1-16-14-24(32-4)17(2)13-21(16)25-28-23-10-7-19(27)15-22(23)26(30)29(25)12-11-18-5-8-20(31-3)9-6-18/h5-10,13-15H,11-12H2,1-4H3. The number of fused-ring (bicyclic) bond motifs is 1. The van der Waals surface area contributed by atoms with Crippen LogP contribution in [0.1, 0.15) is 16.7 Å². The Balaban J connectivity index is 1.86. The van der Waals surface area contributed by atoms with E-state index in [1.54, 1.807) is 37.0 Å². The summed E-state index contributed by atoms with van der Waals surface area (Å²) in [6.07, 6.45) is 0.679. The predicted molar refractivity (Wildman–Crippen MR) is 129 cm³/mol. The molecule has 0 atom stereocenters. The summed E-state index contributed by atoms with van der Waals surface area (Å²) in [5.74, 6) is 2.26. The minimum Gasteiger partial charge on any atom is -0.497 e. The SMILES string of the molecule is COc1ccc(CCn2c(-c3cc(C)c(OC)cc3C)nc3ccc(Cl)cc3c2=O)cc1. The average molecular weight is 449 g/mol. The molecule has 4 rings (SSSR count). The minimum atomic E-state index is -0.103. The third-order valence-corrected chi connectivity index (χ3v) is 5.92. The molecule has 0 saturated carbocycles. The Bertz CT molecular complexity index is 1340. The average Bonchev–Trinajstić information content (AvgIpc) is 2.80. The van der Waals surface area contributed by atoms with Gasteiger partial charge in [-0.15, -0.1) is 0 Å². The fourth-order valence-corrected chi connectivity index (χ4v) is 4.06. The van der Waals surface area contributed by atoms with Gasteiger partial charge < -0.3 is 9.47 Å². The quantitative estimate of drug-likeness (QED) is 0.385. The summed E-state index contributed by atoms with van der Waals surface area (Å²) in [7, 11) is 3.30. The van der Waals surface area contributed by atoms with E-state index in [1.807, 2.05) is 50.2 Å². The molecule has 0 amide bonds. The van der Waals surface area contributed by atoms with Gasteiger partial charge in [0.05, 0.1) is 25.1 Å². The maximum Gasteiger partial charge on any atom is 0.261 e. The number of rotatable bonds is 6. The zero-order chi connectivity index (χ0) is 22.8. The molecule has 5 nitrogen and oxygen atoms in total. The summed E-state index contributed by atoms with van der Waals surface area (Å²) in [5.41, 5.74) is 4.52. The Hall–Kier alpha value is -3.31. The molecule has 32 heavy (non-hydrogen) atoms. The van der Waals surface area contributed by atoms with Crippen molar-refractivity contribution in [3.8, 4) is 22.9 Å². The molecule has 0 unspecified atom stereocenters. The van der Waals surface area contributed by atoms with E-state index in [9.17, 15) is 4.79 Å². The zero-order valence-electron chi connectivity index (χ0n) is 18.6. The third-order valence-electron chi connectivity index (χ3n) is 5.68. The maximum absolute atomic E-state index is 13.5. The summed E-state index contributed by atoms with van der Waals surface area (Å²) < 4.78 is 12.5. The van der Waals surface area contributed by atoms with Gasteiger partial charge in [-0.1, -0.05) is 23.7 Å². The van der Waals surface area contributed by atoms with Crippen molar-refractivity contribution < 1.29 is 9.47 Å². The lowest BCUT2D eigenvalue weighted by Gasteiger charge is -2.17. The van der Waals surface area contributed by atoms with Crippen LogP contribution < -0.4 is 15.0 Å². The Labute approximate surface area is 192 Å². The van der Waals surface area contributed by atoms with Crippen LogP contribution in [0.2, 0.25) is 5.02 Å². The third kappa shape index (κ3) is 4.21. The van der Waals surface area contributed by atoms with Crippen molar-refractivity contribution in [3.63, 3.8) is 0 Å². The highest BCUT2D eigenvalue weighted by atomic mass is 35.5. The van der Waals surface area contributed by atoms with Crippen molar-refractivity contribution in [1.82, 2.24) is 9.55 Å². The highest BCUT2D eigenvalue weighted by molar-refractivity contribution is 6.31. The van der Waals surface area contributed by atoms with Crippen molar-refractivity contribution in [2.24, 2.45) is 0 Å². The van der Waals surface area contributed by atoms with Gasteiger partial charge in [0.2, 0.25) is 0 Å². The molecule has 0 aliphatic heterocycles. The van der Waals surface area contributed by atoms with E-state index >= 15 is 0 Å². The Morgan fingerprint density at radius 2 is 1.69 bits per heavy atom. The number of methoxy groups -OCH3 is 2. The van der Waals surface area contributed by atoms with Gasteiger partial charge in [-0.3, -0.25) is 9.36 Å². The molecule has 0 aliphatic rings.